The third-order valence-electron chi connectivity index (χ3n) is 2.73. The summed E-state index contributed by atoms with van der Waals surface area (Å²) >= 11 is 0. The minimum atomic E-state index is -0.394. The summed E-state index contributed by atoms with van der Waals surface area (Å²) in [6.45, 7) is 4.28. The van der Waals surface area contributed by atoms with Crippen LogP contribution in [0.2, 0.25) is 0 Å². The zero-order valence-electron chi connectivity index (χ0n) is 10.1. The fraction of sp³-hybridized carbons (Fsp3) is 0.214. The van der Waals surface area contributed by atoms with Crippen LogP contribution < -0.4 is 5.73 Å². The van der Waals surface area contributed by atoms with Crippen LogP contribution in [-0.2, 0) is 11.2 Å². The van der Waals surface area contributed by atoms with E-state index >= 15 is 0 Å². The lowest BCUT2D eigenvalue weighted by Crippen LogP contribution is -2.12. The van der Waals surface area contributed by atoms with E-state index in [1.54, 1.807) is 12.3 Å². The summed E-state index contributed by atoms with van der Waals surface area (Å²) in [5.74, 6) is 0. The molecule has 94 valence electrons. The van der Waals surface area contributed by atoms with Gasteiger partial charge in [0.1, 0.15) is 6.61 Å². The van der Waals surface area contributed by atoms with E-state index in [1.807, 2.05) is 24.3 Å². The maximum atomic E-state index is 11.9. The predicted molar refractivity (Wildman–Crippen MR) is 71.6 cm³/mol. The molecule has 18 heavy (non-hydrogen) atoms. The van der Waals surface area contributed by atoms with Gasteiger partial charge in [0.25, 0.3) is 0 Å². The Balaban J connectivity index is 2.43. The lowest BCUT2D eigenvalue weighted by atomic mass is 10.1. The number of rotatable bonds is 4. The van der Waals surface area contributed by atoms with Gasteiger partial charge in [-0.25, -0.2) is 4.79 Å². The van der Waals surface area contributed by atoms with Gasteiger partial charge in [-0.15, -0.1) is 0 Å². The van der Waals surface area contributed by atoms with Crippen molar-refractivity contribution >= 4 is 17.0 Å². The number of carbonyl (C=O) groups excluding carboxylic acids is 1. The van der Waals surface area contributed by atoms with Crippen LogP contribution >= 0.6 is 0 Å². The molecule has 0 aliphatic rings. The van der Waals surface area contributed by atoms with Gasteiger partial charge < -0.3 is 10.5 Å². The SMILES string of the molecule is C=CCOC(=O)n1cc(CCN)c2ccccc21. The Hall–Kier alpha value is -2.07. The fourth-order valence-corrected chi connectivity index (χ4v) is 1.96. The zero-order chi connectivity index (χ0) is 13.0. The Kier molecular flexibility index (Phi) is 3.79. The highest BCUT2D eigenvalue weighted by Gasteiger charge is 2.13. The second-order valence-corrected chi connectivity index (χ2v) is 3.95. The van der Waals surface area contributed by atoms with Gasteiger partial charge in [0.05, 0.1) is 5.52 Å². The number of benzene rings is 1. The highest BCUT2D eigenvalue weighted by atomic mass is 16.5. The molecule has 0 unspecified atom stereocenters. The molecular formula is C14H16N2O2. The smallest absolute Gasteiger partial charge is 0.418 e. The molecule has 0 aliphatic carbocycles. The van der Waals surface area contributed by atoms with E-state index in [1.165, 1.54) is 4.57 Å². The number of carbonyl (C=O) groups is 1. The Labute approximate surface area is 106 Å². The Bertz CT molecular complexity index is 572. The van der Waals surface area contributed by atoms with Gasteiger partial charge in [-0.3, -0.25) is 4.57 Å². The summed E-state index contributed by atoms with van der Waals surface area (Å²) in [6.07, 6.45) is 3.68. The maximum Gasteiger partial charge on any atom is 0.418 e. The third kappa shape index (κ3) is 2.28. The summed E-state index contributed by atoms with van der Waals surface area (Å²) in [7, 11) is 0. The molecule has 1 heterocycles. The van der Waals surface area contributed by atoms with Gasteiger partial charge in [0, 0.05) is 11.6 Å². The van der Waals surface area contributed by atoms with Crippen LogP contribution in [0.3, 0.4) is 0 Å². The molecule has 0 fully saturated rings. The minimum absolute atomic E-state index is 0.206. The maximum absolute atomic E-state index is 11.9. The minimum Gasteiger partial charge on any atom is -0.445 e. The first kappa shape index (κ1) is 12.4. The average Bonchev–Trinajstić information content (AvgIpc) is 2.76. The predicted octanol–water partition coefficient (Wildman–Crippen LogP) is 2.31. The molecule has 4 heteroatoms. The Morgan fingerprint density at radius 1 is 1.44 bits per heavy atom. The van der Waals surface area contributed by atoms with Crippen LogP contribution in [0.1, 0.15) is 5.56 Å². The summed E-state index contributed by atoms with van der Waals surface area (Å²) < 4.78 is 6.57. The molecule has 0 saturated carbocycles. The van der Waals surface area contributed by atoms with Gasteiger partial charge in [0.2, 0.25) is 0 Å². The van der Waals surface area contributed by atoms with Crippen LogP contribution in [0.25, 0.3) is 10.9 Å². The Morgan fingerprint density at radius 2 is 2.22 bits per heavy atom. The average molecular weight is 244 g/mol. The highest BCUT2D eigenvalue weighted by Crippen LogP contribution is 2.21. The largest absolute Gasteiger partial charge is 0.445 e. The van der Waals surface area contributed by atoms with Gasteiger partial charge >= 0.3 is 6.09 Å². The molecular weight excluding hydrogens is 228 g/mol. The van der Waals surface area contributed by atoms with Crippen LogP contribution in [0, 0.1) is 0 Å². The van der Waals surface area contributed by atoms with Crippen molar-refractivity contribution in [2.75, 3.05) is 13.2 Å². The summed E-state index contributed by atoms with van der Waals surface area (Å²) in [4.78, 5) is 11.9. The number of para-hydroxylation sites is 1. The van der Waals surface area contributed by atoms with E-state index in [0.29, 0.717) is 6.54 Å². The second kappa shape index (κ2) is 5.51. The molecule has 4 nitrogen and oxygen atoms in total. The molecule has 0 radical (unpaired) electrons. The van der Waals surface area contributed by atoms with Crippen molar-refractivity contribution in [2.45, 2.75) is 6.42 Å². The molecule has 2 N–H and O–H groups in total. The molecule has 0 atom stereocenters. The van der Waals surface area contributed by atoms with Crippen LogP contribution in [0.5, 0.6) is 0 Å². The Morgan fingerprint density at radius 3 is 2.94 bits per heavy atom. The number of nitrogens with zero attached hydrogens (tertiary/aromatic N) is 1. The number of nitrogens with two attached hydrogens (primary N) is 1. The number of hydrogen-bond donors (Lipinski definition) is 1. The number of aromatic nitrogens is 1. The number of fused-ring (bicyclic) bond motifs is 1. The second-order valence-electron chi connectivity index (χ2n) is 3.95. The van der Waals surface area contributed by atoms with Crippen molar-refractivity contribution in [3.8, 4) is 0 Å². The zero-order valence-corrected chi connectivity index (χ0v) is 10.1. The van der Waals surface area contributed by atoms with Crippen LogP contribution in [-0.4, -0.2) is 23.8 Å². The van der Waals surface area contributed by atoms with Crippen molar-refractivity contribution in [3.05, 3.63) is 48.7 Å². The quantitative estimate of drug-likeness (QED) is 0.840. The van der Waals surface area contributed by atoms with E-state index in [2.05, 4.69) is 6.58 Å². The molecule has 0 amide bonds. The molecule has 2 aromatic rings. The fourth-order valence-electron chi connectivity index (χ4n) is 1.96. The van der Waals surface area contributed by atoms with Crippen molar-refractivity contribution in [2.24, 2.45) is 5.73 Å². The monoisotopic (exact) mass is 244 g/mol. The molecule has 1 aromatic heterocycles. The summed E-state index contributed by atoms with van der Waals surface area (Å²) in [5.41, 5.74) is 7.48. The van der Waals surface area contributed by atoms with Crippen molar-refractivity contribution < 1.29 is 9.53 Å². The van der Waals surface area contributed by atoms with E-state index in [9.17, 15) is 4.79 Å². The molecule has 0 saturated heterocycles. The lowest BCUT2D eigenvalue weighted by molar-refractivity contribution is 0.161. The first-order valence-corrected chi connectivity index (χ1v) is 5.85. The molecule has 0 bridgehead atoms. The molecule has 1 aromatic carbocycles. The van der Waals surface area contributed by atoms with Crippen LogP contribution in [0.4, 0.5) is 4.79 Å². The highest BCUT2D eigenvalue weighted by molar-refractivity contribution is 5.91. The third-order valence-corrected chi connectivity index (χ3v) is 2.73. The standard InChI is InChI=1S/C14H16N2O2/c1-2-9-18-14(17)16-10-11(7-8-15)12-5-3-4-6-13(12)16/h2-6,10H,1,7-9,15H2. The van der Waals surface area contributed by atoms with E-state index in [-0.39, 0.29) is 6.61 Å². The molecule has 0 spiro atoms. The first-order valence-electron chi connectivity index (χ1n) is 5.85. The van der Waals surface area contributed by atoms with Crippen molar-refractivity contribution in [1.29, 1.82) is 0 Å². The summed E-state index contributed by atoms with van der Waals surface area (Å²) in [5, 5.41) is 1.04. The van der Waals surface area contributed by atoms with Gasteiger partial charge in [-0.1, -0.05) is 30.9 Å². The van der Waals surface area contributed by atoms with Gasteiger partial charge in [-0.05, 0) is 24.6 Å². The van der Waals surface area contributed by atoms with E-state index < -0.39 is 6.09 Å². The van der Waals surface area contributed by atoms with Crippen molar-refractivity contribution in [3.63, 3.8) is 0 Å². The number of hydrogen-bond acceptors (Lipinski definition) is 3. The van der Waals surface area contributed by atoms with Crippen molar-refractivity contribution in [1.82, 2.24) is 4.57 Å². The first-order chi connectivity index (χ1) is 8.77. The summed E-state index contributed by atoms with van der Waals surface area (Å²) in [6, 6.07) is 7.72. The van der Waals surface area contributed by atoms with E-state index in [4.69, 9.17) is 10.5 Å². The normalized spacial score (nSPS) is 10.5. The lowest BCUT2D eigenvalue weighted by Gasteiger charge is -2.03. The van der Waals surface area contributed by atoms with Gasteiger partial charge in [-0.2, -0.15) is 0 Å². The van der Waals surface area contributed by atoms with Crippen LogP contribution in [0.15, 0.2) is 43.1 Å². The van der Waals surface area contributed by atoms with Gasteiger partial charge in [0.15, 0.2) is 0 Å². The topological polar surface area (TPSA) is 57.2 Å². The van der Waals surface area contributed by atoms with E-state index in [0.717, 1.165) is 22.9 Å². The molecule has 0 aliphatic heterocycles. The number of ether oxygens (including phenoxy) is 1. The molecule has 2 rings (SSSR count).